The predicted molar refractivity (Wildman–Crippen MR) is 109 cm³/mol. The first-order chi connectivity index (χ1) is 13.2. The fourth-order valence-electron chi connectivity index (χ4n) is 2.97. The first-order valence-electron chi connectivity index (χ1n) is 9.01. The smallest absolute Gasteiger partial charge is 0.278 e. The summed E-state index contributed by atoms with van der Waals surface area (Å²) in [6, 6.07) is 22.2. The zero-order valence-electron chi connectivity index (χ0n) is 15.6. The van der Waals surface area contributed by atoms with Gasteiger partial charge >= 0.3 is 0 Å². The molecule has 0 bridgehead atoms. The highest BCUT2D eigenvalue weighted by atomic mass is 32.1. The Bertz CT molecular complexity index is 833. The van der Waals surface area contributed by atoms with Gasteiger partial charge < -0.3 is 15.4 Å². The van der Waals surface area contributed by atoms with Gasteiger partial charge in [-0.3, -0.25) is 4.79 Å². The number of benzene rings is 2. The van der Waals surface area contributed by atoms with Crippen LogP contribution in [0.2, 0.25) is 0 Å². The summed E-state index contributed by atoms with van der Waals surface area (Å²) >= 11 is 1.72. The third kappa shape index (κ3) is 5.18. The van der Waals surface area contributed by atoms with Crippen LogP contribution >= 0.6 is 11.3 Å². The standard InChI is InChI=1S/C22H24N2O2S/c1-16(22(25)23-15-17-10-12-19(26-2)13-11-17)24-21(20-9-6-14-27-20)18-7-4-3-5-8-18/h3-14,16,21,24H,15H2,1-2H3,(H,23,25)/p+1/t16-,21+/m0/s1. The number of carbonyl (C=O) groups is 1. The van der Waals surface area contributed by atoms with Crippen molar-refractivity contribution in [2.45, 2.75) is 25.6 Å². The number of methoxy groups -OCH3 is 1. The summed E-state index contributed by atoms with van der Waals surface area (Å²) in [4.78, 5) is 13.9. The molecule has 0 unspecified atom stereocenters. The molecule has 2 atom stereocenters. The zero-order chi connectivity index (χ0) is 19.1. The molecule has 140 valence electrons. The quantitative estimate of drug-likeness (QED) is 0.630. The van der Waals surface area contributed by atoms with Crippen LogP contribution in [-0.2, 0) is 11.3 Å². The number of quaternary nitrogens is 1. The molecule has 3 rings (SSSR count). The number of nitrogens with one attached hydrogen (secondary N) is 1. The second-order valence-electron chi connectivity index (χ2n) is 6.45. The maximum Gasteiger partial charge on any atom is 0.278 e. The third-order valence-corrected chi connectivity index (χ3v) is 5.48. The van der Waals surface area contributed by atoms with Gasteiger partial charge in [-0.2, -0.15) is 0 Å². The van der Waals surface area contributed by atoms with Crippen LogP contribution in [0.3, 0.4) is 0 Å². The van der Waals surface area contributed by atoms with Crippen molar-refractivity contribution >= 4 is 17.2 Å². The van der Waals surface area contributed by atoms with Gasteiger partial charge in [-0.05, 0) is 36.1 Å². The second kappa shape index (κ2) is 9.35. The molecule has 0 radical (unpaired) electrons. The first kappa shape index (κ1) is 19.1. The molecule has 2 aromatic carbocycles. The van der Waals surface area contributed by atoms with Crippen molar-refractivity contribution in [1.29, 1.82) is 0 Å². The molecule has 4 nitrogen and oxygen atoms in total. The Morgan fingerprint density at radius 3 is 2.44 bits per heavy atom. The van der Waals surface area contributed by atoms with E-state index in [1.807, 2.05) is 49.4 Å². The lowest BCUT2D eigenvalue weighted by Crippen LogP contribution is -2.92. The summed E-state index contributed by atoms with van der Waals surface area (Å²) in [5.41, 5.74) is 2.25. The number of carbonyl (C=O) groups excluding carboxylic acids is 1. The molecule has 0 saturated carbocycles. The predicted octanol–water partition coefficient (Wildman–Crippen LogP) is 3.11. The van der Waals surface area contributed by atoms with Gasteiger partial charge in [-0.1, -0.05) is 48.5 Å². The molecule has 1 amide bonds. The highest BCUT2D eigenvalue weighted by molar-refractivity contribution is 7.10. The van der Waals surface area contributed by atoms with Crippen LogP contribution < -0.4 is 15.4 Å². The molecular formula is C22H25N2O2S+. The number of rotatable bonds is 8. The molecule has 0 saturated heterocycles. The number of hydrogen-bond acceptors (Lipinski definition) is 3. The minimum atomic E-state index is -0.199. The van der Waals surface area contributed by atoms with Gasteiger partial charge in [0.25, 0.3) is 5.91 Å². The minimum absolute atomic E-state index is 0.0308. The summed E-state index contributed by atoms with van der Waals surface area (Å²) in [7, 11) is 1.64. The number of amides is 1. The van der Waals surface area contributed by atoms with Gasteiger partial charge in [0.15, 0.2) is 6.04 Å². The summed E-state index contributed by atoms with van der Waals surface area (Å²) in [5, 5.41) is 7.24. The lowest BCUT2D eigenvalue weighted by atomic mass is 10.0. The molecule has 3 aromatic rings. The van der Waals surface area contributed by atoms with Crippen LogP contribution in [0, 0.1) is 0 Å². The lowest BCUT2D eigenvalue weighted by Gasteiger charge is -2.19. The van der Waals surface area contributed by atoms with Crippen molar-refractivity contribution in [3.63, 3.8) is 0 Å². The molecule has 0 fully saturated rings. The number of thiophene rings is 1. The Morgan fingerprint density at radius 2 is 1.81 bits per heavy atom. The van der Waals surface area contributed by atoms with E-state index in [1.165, 1.54) is 10.4 Å². The lowest BCUT2D eigenvalue weighted by molar-refractivity contribution is -0.704. The van der Waals surface area contributed by atoms with Gasteiger partial charge in [0.2, 0.25) is 0 Å². The van der Waals surface area contributed by atoms with Crippen molar-refractivity contribution < 1.29 is 14.8 Å². The second-order valence-corrected chi connectivity index (χ2v) is 7.43. The topological polar surface area (TPSA) is 54.9 Å². The van der Waals surface area contributed by atoms with Crippen LogP contribution in [0.1, 0.15) is 29.0 Å². The normalized spacial score (nSPS) is 13.0. The van der Waals surface area contributed by atoms with E-state index in [9.17, 15) is 4.79 Å². The molecule has 0 aliphatic rings. The van der Waals surface area contributed by atoms with E-state index in [-0.39, 0.29) is 18.0 Å². The molecular weight excluding hydrogens is 356 g/mol. The van der Waals surface area contributed by atoms with E-state index < -0.39 is 0 Å². The Balaban J connectivity index is 1.62. The molecule has 3 N–H and O–H groups in total. The van der Waals surface area contributed by atoms with Gasteiger partial charge in [-0.15, -0.1) is 11.3 Å². The van der Waals surface area contributed by atoms with Crippen LogP contribution in [0.25, 0.3) is 0 Å². The van der Waals surface area contributed by atoms with Crippen LogP contribution in [-0.4, -0.2) is 19.1 Å². The summed E-state index contributed by atoms with van der Waals surface area (Å²) in [6.07, 6.45) is 0. The molecule has 27 heavy (non-hydrogen) atoms. The van der Waals surface area contributed by atoms with Crippen molar-refractivity contribution in [2.75, 3.05) is 7.11 Å². The maximum absolute atomic E-state index is 12.6. The first-order valence-corrected chi connectivity index (χ1v) is 9.89. The van der Waals surface area contributed by atoms with Gasteiger partial charge in [0, 0.05) is 12.1 Å². The Hall–Kier alpha value is -2.63. The van der Waals surface area contributed by atoms with Crippen molar-refractivity contribution in [2.24, 2.45) is 0 Å². The molecule has 0 aliphatic carbocycles. The van der Waals surface area contributed by atoms with E-state index >= 15 is 0 Å². The number of hydrogen-bond donors (Lipinski definition) is 2. The fourth-order valence-corrected chi connectivity index (χ4v) is 3.80. The SMILES string of the molecule is COc1ccc(CNC(=O)[C@H](C)[NH2+][C@H](c2ccccc2)c2cccs2)cc1. The molecule has 0 spiro atoms. The summed E-state index contributed by atoms with van der Waals surface area (Å²) in [6.45, 7) is 2.46. The Kier molecular flexibility index (Phi) is 6.63. The summed E-state index contributed by atoms with van der Waals surface area (Å²) < 4.78 is 5.16. The summed E-state index contributed by atoms with van der Waals surface area (Å²) in [5.74, 6) is 0.844. The highest BCUT2D eigenvalue weighted by Gasteiger charge is 2.25. The monoisotopic (exact) mass is 381 g/mol. The number of nitrogens with two attached hydrogens (primary N) is 1. The van der Waals surface area contributed by atoms with Gasteiger partial charge in [0.1, 0.15) is 11.8 Å². The fraction of sp³-hybridized carbons (Fsp3) is 0.227. The Morgan fingerprint density at radius 1 is 1.07 bits per heavy atom. The van der Waals surface area contributed by atoms with Crippen LogP contribution in [0.4, 0.5) is 0 Å². The van der Waals surface area contributed by atoms with E-state index in [2.05, 4.69) is 40.3 Å². The maximum atomic E-state index is 12.6. The molecule has 1 heterocycles. The highest BCUT2D eigenvalue weighted by Crippen LogP contribution is 2.22. The van der Waals surface area contributed by atoms with Crippen LogP contribution in [0.5, 0.6) is 5.75 Å². The van der Waals surface area contributed by atoms with Crippen molar-refractivity contribution in [1.82, 2.24) is 5.32 Å². The van der Waals surface area contributed by atoms with Crippen LogP contribution in [0.15, 0.2) is 72.1 Å². The average molecular weight is 382 g/mol. The Labute approximate surface area is 164 Å². The molecule has 0 aliphatic heterocycles. The van der Waals surface area contributed by atoms with E-state index in [4.69, 9.17) is 4.74 Å². The minimum Gasteiger partial charge on any atom is -0.497 e. The van der Waals surface area contributed by atoms with Crippen molar-refractivity contribution in [3.05, 3.63) is 88.1 Å². The van der Waals surface area contributed by atoms with Gasteiger partial charge in [0.05, 0.1) is 12.0 Å². The van der Waals surface area contributed by atoms with Crippen molar-refractivity contribution in [3.8, 4) is 5.75 Å². The van der Waals surface area contributed by atoms with E-state index in [1.54, 1.807) is 18.4 Å². The average Bonchev–Trinajstić information content (AvgIpc) is 3.25. The van der Waals surface area contributed by atoms with E-state index in [0.29, 0.717) is 6.54 Å². The zero-order valence-corrected chi connectivity index (χ0v) is 16.4. The largest absolute Gasteiger partial charge is 0.497 e. The van der Waals surface area contributed by atoms with Gasteiger partial charge in [-0.25, -0.2) is 0 Å². The number of ether oxygens (including phenoxy) is 1. The molecule has 5 heteroatoms. The molecule has 1 aromatic heterocycles. The third-order valence-electron chi connectivity index (χ3n) is 4.53. The van der Waals surface area contributed by atoms with E-state index in [0.717, 1.165) is 11.3 Å².